The van der Waals surface area contributed by atoms with E-state index in [1.165, 1.54) is 0 Å². The molecule has 1 aromatic rings. The quantitative estimate of drug-likeness (QED) is 0.889. The molecule has 0 fully saturated rings. The third-order valence-corrected chi connectivity index (χ3v) is 4.30. The second-order valence-corrected chi connectivity index (χ2v) is 5.36. The molecule has 1 aliphatic rings. The van der Waals surface area contributed by atoms with Crippen LogP contribution in [-0.4, -0.2) is 29.0 Å². The van der Waals surface area contributed by atoms with Gasteiger partial charge in [-0.05, 0) is 31.0 Å². The number of methoxy groups -OCH3 is 1. The topological polar surface area (TPSA) is 103 Å². The smallest absolute Gasteiger partial charge is 0.317 e. The Labute approximate surface area is 134 Å². The van der Waals surface area contributed by atoms with Crippen molar-refractivity contribution in [1.29, 1.82) is 5.26 Å². The number of carboxylic acids is 1. The monoisotopic (exact) mass is 314 g/mol. The van der Waals surface area contributed by atoms with E-state index in [9.17, 15) is 20.3 Å². The second kappa shape index (κ2) is 6.13. The Balaban J connectivity index is 2.69. The van der Waals surface area contributed by atoms with Crippen molar-refractivity contribution >= 4 is 11.7 Å². The lowest BCUT2D eigenvalue weighted by Gasteiger charge is -2.37. The molecule has 0 bridgehead atoms. The van der Waals surface area contributed by atoms with Crippen LogP contribution < -0.4 is 4.74 Å². The van der Waals surface area contributed by atoms with Gasteiger partial charge < -0.3 is 14.9 Å². The van der Waals surface area contributed by atoms with Crippen LogP contribution in [0.3, 0.4) is 0 Å². The van der Waals surface area contributed by atoms with Crippen LogP contribution in [0.1, 0.15) is 31.9 Å². The lowest BCUT2D eigenvalue weighted by Crippen LogP contribution is -2.41. The summed E-state index contributed by atoms with van der Waals surface area (Å²) in [6.07, 6.45) is 0.128. The summed E-state index contributed by atoms with van der Waals surface area (Å²) in [7, 11) is 1.54. The molecule has 6 nitrogen and oxygen atoms in total. The van der Waals surface area contributed by atoms with Crippen LogP contribution in [0.4, 0.5) is 0 Å². The zero-order valence-electron chi connectivity index (χ0n) is 13.2. The van der Waals surface area contributed by atoms with Crippen LogP contribution in [0, 0.1) is 16.7 Å². The summed E-state index contributed by atoms with van der Waals surface area (Å²) >= 11 is 0. The number of carboxylic acid groups (broad SMARTS) is 1. The summed E-state index contributed by atoms with van der Waals surface area (Å²) < 4.78 is 5.11. The van der Waals surface area contributed by atoms with Gasteiger partial charge in [0.2, 0.25) is 0 Å². The molecule has 0 saturated carbocycles. The van der Waals surface area contributed by atoms with Gasteiger partial charge in [0.1, 0.15) is 11.2 Å². The molecule has 23 heavy (non-hydrogen) atoms. The molecule has 2 atom stereocenters. The molecule has 0 aromatic heterocycles. The van der Waals surface area contributed by atoms with Gasteiger partial charge in [0.25, 0.3) is 0 Å². The second-order valence-electron chi connectivity index (χ2n) is 5.36. The van der Waals surface area contributed by atoms with Gasteiger partial charge in [-0.3, -0.25) is 9.79 Å². The maximum Gasteiger partial charge on any atom is 0.317 e. The van der Waals surface area contributed by atoms with Crippen LogP contribution in [0.15, 0.2) is 40.6 Å². The van der Waals surface area contributed by atoms with E-state index in [0.29, 0.717) is 11.3 Å². The van der Waals surface area contributed by atoms with Crippen molar-refractivity contribution < 1.29 is 19.7 Å². The number of hydrogen-bond donors (Lipinski definition) is 2. The molecule has 2 unspecified atom stereocenters. The van der Waals surface area contributed by atoms with Crippen LogP contribution >= 0.6 is 0 Å². The predicted molar refractivity (Wildman–Crippen MR) is 84.5 cm³/mol. The van der Waals surface area contributed by atoms with E-state index in [1.807, 2.05) is 6.07 Å². The lowest BCUT2D eigenvalue weighted by molar-refractivity contribution is -0.148. The van der Waals surface area contributed by atoms with E-state index in [1.54, 1.807) is 45.2 Å². The average Bonchev–Trinajstić information content (AvgIpc) is 2.56. The number of nitriles is 1. The highest BCUT2D eigenvalue weighted by atomic mass is 16.5. The van der Waals surface area contributed by atoms with Gasteiger partial charge >= 0.3 is 5.97 Å². The lowest BCUT2D eigenvalue weighted by atomic mass is 9.67. The molecule has 1 aromatic carbocycles. The number of dihydropyridines is 1. The van der Waals surface area contributed by atoms with Crippen LogP contribution in [0.5, 0.6) is 5.75 Å². The Morgan fingerprint density at radius 3 is 2.48 bits per heavy atom. The van der Waals surface area contributed by atoms with Crippen molar-refractivity contribution in [3.8, 4) is 11.8 Å². The third-order valence-electron chi connectivity index (χ3n) is 4.30. The van der Waals surface area contributed by atoms with E-state index in [2.05, 4.69) is 4.99 Å². The number of benzene rings is 1. The number of aliphatic hydroxyl groups excluding tert-OH is 1. The summed E-state index contributed by atoms with van der Waals surface area (Å²) in [6, 6.07) is 7.97. The van der Waals surface area contributed by atoms with Crippen molar-refractivity contribution in [3.05, 3.63) is 41.2 Å². The van der Waals surface area contributed by atoms with E-state index in [0.717, 1.165) is 0 Å². The fourth-order valence-corrected chi connectivity index (χ4v) is 2.94. The van der Waals surface area contributed by atoms with Crippen molar-refractivity contribution in [2.75, 3.05) is 7.11 Å². The summed E-state index contributed by atoms with van der Waals surface area (Å²) in [5, 5.41) is 29.4. The summed E-state index contributed by atoms with van der Waals surface area (Å²) in [5.74, 6) is -0.886. The molecule has 2 N–H and O–H groups in total. The van der Waals surface area contributed by atoms with Gasteiger partial charge in [0.15, 0.2) is 5.76 Å². The summed E-state index contributed by atoms with van der Waals surface area (Å²) in [4.78, 5) is 16.4. The molecule has 6 heteroatoms. The van der Waals surface area contributed by atoms with Gasteiger partial charge in [-0.2, -0.15) is 5.26 Å². The normalized spacial score (nSPS) is 23.9. The molecule has 0 spiro atoms. The SMILES string of the molecule is CCC1(C(=O)O)C(C#N)=C(O)C(C)=NC1c1ccc(OC)cc1. The van der Waals surface area contributed by atoms with Crippen molar-refractivity contribution in [2.24, 2.45) is 10.4 Å². The molecular weight excluding hydrogens is 296 g/mol. The molecule has 1 aliphatic heterocycles. The zero-order chi connectivity index (χ0) is 17.2. The number of aliphatic hydroxyl groups is 1. The zero-order valence-corrected chi connectivity index (χ0v) is 13.2. The minimum atomic E-state index is -1.59. The molecule has 2 rings (SSSR count). The number of hydrogen-bond acceptors (Lipinski definition) is 5. The first-order chi connectivity index (χ1) is 10.9. The maximum atomic E-state index is 12.0. The van der Waals surface area contributed by atoms with Gasteiger partial charge in [0.05, 0.1) is 30.5 Å². The number of ether oxygens (including phenoxy) is 1. The highest BCUT2D eigenvalue weighted by molar-refractivity contribution is 6.01. The van der Waals surface area contributed by atoms with Crippen LogP contribution in [0.2, 0.25) is 0 Å². The average molecular weight is 314 g/mol. The van der Waals surface area contributed by atoms with Crippen molar-refractivity contribution in [3.63, 3.8) is 0 Å². The van der Waals surface area contributed by atoms with E-state index in [4.69, 9.17) is 4.74 Å². The number of nitrogens with zero attached hydrogens (tertiary/aromatic N) is 2. The number of allylic oxidation sites excluding steroid dienone is 1. The van der Waals surface area contributed by atoms with Gasteiger partial charge in [-0.15, -0.1) is 0 Å². The van der Waals surface area contributed by atoms with E-state index >= 15 is 0 Å². The highest BCUT2D eigenvalue weighted by Crippen LogP contribution is 2.49. The van der Waals surface area contributed by atoms with Gasteiger partial charge in [-0.25, -0.2) is 0 Å². The van der Waals surface area contributed by atoms with Gasteiger partial charge in [-0.1, -0.05) is 19.1 Å². The van der Waals surface area contributed by atoms with E-state index < -0.39 is 17.4 Å². The minimum absolute atomic E-state index is 0.128. The number of aliphatic carboxylic acids is 1. The molecular formula is C17H18N2O4. The fourth-order valence-electron chi connectivity index (χ4n) is 2.94. The Hall–Kier alpha value is -2.81. The first kappa shape index (κ1) is 16.6. The number of rotatable bonds is 4. The Morgan fingerprint density at radius 2 is 2.04 bits per heavy atom. The predicted octanol–water partition coefficient (Wildman–Crippen LogP) is 3.03. The largest absolute Gasteiger partial charge is 0.505 e. The molecule has 120 valence electrons. The van der Waals surface area contributed by atoms with Gasteiger partial charge in [0, 0.05) is 0 Å². The first-order valence-electron chi connectivity index (χ1n) is 7.18. The molecule has 1 heterocycles. The fraction of sp³-hybridized carbons (Fsp3) is 0.353. The van der Waals surface area contributed by atoms with E-state index in [-0.39, 0.29) is 23.5 Å². The highest BCUT2D eigenvalue weighted by Gasteiger charge is 2.52. The van der Waals surface area contributed by atoms with Crippen molar-refractivity contribution in [1.82, 2.24) is 0 Å². The van der Waals surface area contributed by atoms with Crippen LogP contribution in [-0.2, 0) is 4.79 Å². The molecule has 0 radical (unpaired) electrons. The Morgan fingerprint density at radius 1 is 1.43 bits per heavy atom. The number of carbonyl (C=O) groups is 1. The molecule has 0 amide bonds. The maximum absolute atomic E-state index is 12.0. The summed E-state index contributed by atoms with van der Waals surface area (Å²) in [6.45, 7) is 3.23. The van der Waals surface area contributed by atoms with Crippen molar-refractivity contribution in [2.45, 2.75) is 26.3 Å². The third kappa shape index (κ3) is 2.44. The number of aliphatic imine (C=N–C) groups is 1. The molecule has 0 aliphatic carbocycles. The standard InChI is InChI=1S/C17H18N2O4/c1-4-17(16(21)22)13(9-18)14(20)10(2)19-15(17)11-5-7-12(23-3)8-6-11/h5-8,15,20H,4H2,1-3H3,(H,21,22). The Bertz CT molecular complexity index is 728. The van der Waals surface area contributed by atoms with Crippen LogP contribution in [0.25, 0.3) is 0 Å². The first-order valence-corrected chi connectivity index (χ1v) is 7.18. The molecule has 0 saturated heterocycles. The minimum Gasteiger partial charge on any atom is -0.505 e. The summed E-state index contributed by atoms with van der Waals surface area (Å²) in [5.41, 5.74) is -0.837. The Kier molecular flexibility index (Phi) is 4.41.